The molecule has 0 radical (unpaired) electrons. The molecule has 0 aliphatic carbocycles. The van der Waals surface area contributed by atoms with Crippen LogP contribution in [0.4, 0.5) is 11.4 Å². The van der Waals surface area contributed by atoms with Gasteiger partial charge in [0.25, 0.3) is 0 Å². The summed E-state index contributed by atoms with van der Waals surface area (Å²) in [6.45, 7) is 5.12. The lowest BCUT2D eigenvalue weighted by molar-refractivity contribution is 0.664. The van der Waals surface area contributed by atoms with Crippen LogP contribution in [0, 0.1) is 0 Å². The summed E-state index contributed by atoms with van der Waals surface area (Å²) in [5.74, 6) is 0. The van der Waals surface area contributed by atoms with Gasteiger partial charge in [-0.2, -0.15) is 0 Å². The van der Waals surface area contributed by atoms with Gasteiger partial charge >= 0.3 is 0 Å². The highest BCUT2D eigenvalue weighted by Crippen LogP contribution is 2.34. The van der Waals surface area contributed by atoms with E-state index in [1.807, 2.05) is 6.20 Å². The molecule has 3 nitrogen and oxygen atoms in total. The molecule has 104 valence electrons. The molecule has 2 aromatic rings. The summed E-state index contributed by atoms with van der Waals surface area (Å²) in [6, 6.07) is 13.0. The number of para-hydroxylation sites is 1. The summed E-state index contributed by atoms with van der Waals surface area (Å²) in [7, 11) is 0. The number of nitrogens with zero attached hydrogens (tertiary/aromatic N) is 2. The van der Waals surface area contributed by atoms with E-state index in [-0.39, 0.29) is 0 Å². The average Bonchev–Trinajstić information content (AvgIpc) is 2.92. The number of fused-ring (bicyclic) bond motifs is 1. The highest BCUT2D eigenvalue weighted by Gasteiger charge is 2.19. The Labute approximate surface area is 120 Å². The van der Waals surface area contributed by atoms with Crippen LogP contribution in [0.2, 0.25) is 0 Å². The average molecular weight is 267 g/mol. The first-order valence-corrected chi connectivity index (χ1v) is 7.39. The quantitative estimate of drug-likeness (QED) is 0.843. The monoisotopic (exact) mass is 267 g/mol. The smallest absolute Gasteiger partial charge is 0.0562 e. The van der Waals surface area contributed by atoms with Gasteiger partial charge in [0, 0.05) is 30.7 Å². The molecule has 0 fully saturated rings. The van der Waals surface area contributed by atoms with Crippen molar-refractivity contribution in [1.29, 1.82) is 0 Å². The Morgan fingerprint density at radius 2 is 2.15 bits per heavy atom. The van der Waals surface area contributed by atoms with Gasteiger partial charge in [-0.15, -0.1) is 0 Å². The lowest BCUT2D eigenvalue weighted by Crippen LogP contribution is -2.17. The van der Waals surface area contributed by atoms with Crippen LogP contribution >= 0.6 is 0 Å². The van der Waals surface area contributed by atoms with Gasteiger partial charge in [0.1, 0.15) is 0 Å². The van der Waals surface area contributed by atoms with Crippen LogP contribution in [0.1, 0.15) is 24.6 Å². The SMILES string of the molecule is CCCNCc1cc(N2CCc3ccccc32)ccn1. The second kappa shape index (κ2) is 6.06. The Balaban J connectivity index is 1.79. The predicted octanol–water partition coefficient (Wildman–Crippen LogP) is 3.28. The number of benzene rings is 1. The van der Waals surface area contributed by atoms with Crippen molar-refractivity contribution in [2.75, 3.05) is 18.0 Å². The highest BCUT2D eigenvalue weighted by molar-refractivity contribution is 5.69. The maximum atomic E-state index is 4.45. The maximum Gasteiger partial charge on any atom is 0.0562 e. The van der Waals surface area contributed by atoms with Crippen molar-refractivity contribution in [2.24, 2.45) is 0 Å². The van der Waals surface area contributed by atoms with E-state index in [1.165, 1.54) is 16.9 Å². The Morgan fingerprint density at radius 3 is 3.05 bits per heavy atom. The van der Waals surface area contributed by atoms with Gasteiger partial charge in [-0.1, -0.05) is 25.1 Å². The predicted molar refractivity (Wildman–Crippen MR) is 83.4 cm³/mol. The van der Waals surface area contributed by atoms with E-state index >= 15 is 0 Å². The molecule has 1 aliphatic heterocycles. The Kier molecular flexibility index (Phi) is 3.97. The minimum atomic E-state index is 0.844. The van der Waals surface area contributed by atoms with Gasteiger partial charge in [-0.05, 0) is 43.1 Å². The van der Waals surface area contributed by atoms with Crippen molar-refractivity contribution >= 4 is 11.4 Å². The number of rotatable bonds is 5. The first kappa shape index (κ1) is 13.1. The summed E-state index contributed by atoms with van der Waals surface area (Å²) < 4.78 is 0. The van der Waals surface area contributed by atoms with Crippen molar-refractivity contribution in [2.45, 2.75) is 26.3 Å². The normalized spacial score (nSPS) is 13.6. The van der Waals surface area contributed by atoms with E-state index in [0.717, 1.165) is 38.2 Å². The molecule has 0 saturated heterocycles. The van der Waals surface area contributed by atoms with Crippen LogP contribution in [-0.2, 0) is 13.0 Å². The largest absolute Gasteiger partial charge is 0.341 e. The van der Waals surface area contributed by atoms with Crippen molar-refractivity contribution < 1.29 is 0 Å². The molecule has 1 aliphatic rings. The number of anilines is 2. The summed E-state index contributed by atoms with van der Waals surface area (Å²) in [6.07, 6.45) is 4.19. The van der Waals surface area contributed by atoms with Gasteiger partial charge in [-0.25, -0.2) is 0 Å². The highest BCUT2D eigenvalue weighted by atomic mass is 15.2. The number of hydrogen-bond donors (Lipinski definition) is 1. The van der Waals surface area contributed by atoms with Crippen LogP contribution in [0.5, 0.6) is 0 Å². The van der Waals surface area contributed by atoms with Crippen LogP contribution in [0.3, 0.4) is 0 Å². The summed E-state index contributed by atoms with van der Waals surface area (Å²) in [5.41, 5.74) is 5.14. The zero-order chi connectivity index (χ0) is 13.8. The number of aromatic nitrogens is 1. The van der Waals surface area contributed by atoms with Crippen LogP contribution in [0.15, 0.2) is 42.6 Å². The maximum absolute atomic E-state index is 4.45. The Morgan fingerprint density at radius 1 is 1.25 bits per heavy atom. The molecule has 3 rings (SSSR count). The first-order chi connectivity index (χ1) is 9.88. The van der Waals surface area contributed by atoms with Crippen molar-refractivity contribution in [3.05, 3.63) is 53.9 Å². The van der Waals surface area contributed by atoms with Gasteiger partial charge in [0.15, 0.2) is 0 Å². The van der Waals surface area contributed by atoms with E-state index in [0.29, 0.717) is 0 Å². The standard InChI is InChI=1S/C17H21N3/c1-2-9-18-13-15-12-16(7-10-19-15)20-11-8-14-5-3-4-6-17(14)20/h3-7,10,12,18H,2,8-9,11,13H2,1H3. The summed E-state index contributed by atoms with van der Waals surface area (Å²) in [4.78, 5) is 6.84. The topological polar surface area (TPSA) is 28.2 Å². The van der Waals surface area contributed by atoms with E-state index < -0.39 is 0 Å². The number of nitrogens with one attached hydrogen (secondary N) is 1. The van der Waals surface area contributed by atoms with Gasteiger partial charge < -0.3 is 10.2 Å². The van der Waals surface area contributed by atoms with Gasteiger partial charge in [0.2, 0.25) is 0 Å². The van der Waals surface area contributed by atoms with E-state index in [4.69, 9.17) is 0 Å². The van der Waals surface area contributed by atoms with E-state index in [1.54, 1.807) is 0 Å². The molecule has 3 heteroatoms. The molecule has 1 aromatic heterocycles. The number of pyridine rings is 1. The molecular weight excluding hydrogens is 246 g/mol. The fourth-order valence-corrected chi connectivity index (χ4v) is 2.73. The third-order valence-corrected chi connectivity index (χ3v) is 3.73. The van der Waals surface area contributed by atoms with Crippen molar-refractivity contribution in [3.8, 4) is 0 Å². The molecular formula is C17H21N3. The number of hydrogen-bond acceptors (Lipinski definition) is 3. The Hall–Kier alpha value is -1.87. The molecule has 0 spiro atoms. The molecule has 1 N–H and O–H groups in total. The van der Waals surface area contributed by atoms with Crippen LogP contribution < -0.4 is 10.2 Å². The second-order valence-corrected chi connectivity index (χ2v) is 5.21. The fourth-order valence-electron chi connectivity index (χ4n) is 2.73. The fraction of sp³-hybridized carbons (Fsp3) is 0.353. The van der Waals surface area contributed by atoms with Crippen molar-refractivity contribution in [1.82, 2.24) is 10.3 Å². The Bertz CT molecular complexity index is 580. The van der Waals surface area contributed by atoms with Gasteiger partial charge in [-0.3, -0.25) is 4.98 Å². The molecule has 0 atom stereocenters. The zero-order valence-corrected chi connectivity index (χ0v) is 12.0. The first-order valence-electron chi connectivity index (χ1n) is 7.39. The molecule has 0 unspecified atom stereocenters. The van der Waals surface area contributed by atoms with Gasteiger partial charge in [0.05, 0.1) is 5.69 Å². The zero-order valence-electron chi connectivity index (χ0n) is 12.0. The third kappa shape index (κ3) is 2.68. The summed E-state index contributed by atoms with van der Waals surface area (Å²) in [5, 5.41) is 3.41. The van der Waals surface area contributed by atoms with E-state index in [9.17, 15) is 0 Å². The molecule has 1 aromatic carbocycles. The van der Waals surface area contributed by atoms with E-state index in [2.05, 4.69) is 58.5 Å². The summed E-state index contributed by atoms with van der Waals surface area (Å²) >= 11 is 0. The van der Waals surface area contributed by atoms with Crippen LogP contribution in [-0.4, -0.2) is 18.1 Å². The second-order valence-electron chi connectivity index (χ2n) is 5.21. The molecule has 0 bridgehead atoms. The molecule has 20 heavy (non-hydrogen) atoms. The minimum Gasteiger partial charge on any atom is -0.341 e. The van der Waals surface area contributed by atoms with Crippen molar-refractivity contribution in [3.63, 3.8) is 0 Å². The minimum absolute atomic E-state index is 0.844. The third-order valence-electron chi connectivity index (χ3n) is 3.73. The molecule has 0 saturated carbocycles. The lowest BCUT2D eigenvalue weighted by atomic mass is 10.2. The molecule has 0 amide bonds. The van der Waals surface area contributed by atoms with Crippen LogP contribution in [0.25, 0.3) is 0 Å². The lowest BCUT2D eigenvalue weighted by Gasteiger charge is -2.20. The molecule has 2 heterocycles.